The molecule has 5 nitrogen and oxygen atoms in total. The minimum absolute atomic E-state index is 0.266. The zero-order valence-corrected chi connectivity index (χ0v) is 22.7. The van der Waals surface area contributed by atoms with Crippen LogP contribution in [-0.2, 0) is 17.8 Å². The number of nitrogens with zero attached hydrogens (tertiary/aromatic N) is 1. The van der Waals surface area contributed by atoms with Crippen molar-refractivity contribution >= 4 is 23.2 Å². The molecule has 0 aliphatic heterocycles. The monoisotopic (exact) mass is 518 g/mol. The lowest BCUT2D eigenvalue weighted by molar-refractivity contribution is -0.139. The van der Waals surface area contributed by atoms with Gasteiger partial charge in [0.1, 0.15) is 6.04 Å². The predicted octanol–water partition coefficient (Wildman–Crippen LogP) is 6.55. The number of benzene rings is 2. The Hall–Kier alpha value is -2.96. The maximum Gasteiger partial charge on any atom is 0.326 e. The molecular formula is C31H38N2O3S. The first-order valence-electron chi connectivity index (χ1n) is 13.3. The van der Waals surface area contributed by atoms with E-state index in [0.717, 1.165) is 46.1 Å². The van der Waals surface area contributed by atoms with Crippen LogP contribution in [0.5, 0.6) is 0 Å². The second-order valence-corrected chi connectivity index (χ2v) is 11.4. The number of thiophene rings is 1. The third-order valence-corrected chi connectivity index (χ3v) is 8.35. The number of hydrogen-bond acceptors (Lipinski definition) is 4. The summed E-state index contributed by atoms with van der Waals surface area (Å²) in [4.78, 5) is 28.7. The smallest absolute Gasteiger partial charge is 0.326 e. The normalized spacial score (nSPS) is 15.0. The molecule has 0 bridgehead atoms. The Bertz CT molecular complexity index is 1180. The molecule has 4 rings (SSSR count). The predicted molar refractivity (Wildman–Crippen MR) is 151 cm³/mol. The van der Waals surface area contributed by atoms with Gasteiger partial charge in [-0.1, -0.05) is 68.5 Å². The number of hydrogen-bond donors (Lipinski definition) is 2. The molecule has 1 aromatic heterocycles. The number of carbonyl (C=O) groups excluding carboxylic acids is 1. The summed E-state index contributed by atoms with van der Waals surface area (Å²) >= 11 is 1.49. The summed E-state index contributed by atoms with van der Waals surface area (Å²) in [6.07, 6.45) is 8.35. The van der Waals surface area contributed by atoms with E-state index in [4.69, 9.17) is 0 Å². The van der Waals surface area contributed by atoms with Gasteiger partial charge in [-0.3, -0.25) is 4.79 Å². The molecule has 1 aliphatic rings. The Labute approximate surface area is 224 Å². The average Bonchev–Trinajstić information content (AvgIpc) is 3.41. The molecule has 0 saturated heterocycles. The van der Waals surface area contributed by atoms with Gasteiger partial charge in [-0.2, -0.15) is 0 Å². The Kier molecular flexibility index (Phi) is 9.53. The lowest BCUT2D eigenvalue weighted by Gasteiger charge is -2.25. The largest absolute Gasteiger partial charge is 0.480 e. The first-order chi connectivity index (χ1) is 17.9. The van der Waals surface area contributed by atoms with Crippen molar-refractivity contribution in [1.82, 2.24) is 10.2 Å². The number of carbonyl (C=O) groups is 2. The molecule has 1 aliphatic carbocycles. The first-order valence-corrected chi connectivity index (χ1v) is 14.2. The molecule has 6 heteroatoms. The van der Waals surface area contributed by atoms with Crippen LogP contribution in [0.15, 0.2) is 60.0 Å². The van der Waals surface area contributed by atoms with Gasteiger partial charge in [0.15, 0.2) is 0 Å². The minimum Gasteiger partial charge on any atom is -0.480 e. The number of rotatable bonds is 11. The van der Waals surface area contributed by atoms with E-state index >= 15 is 0 Å². The molecule has 1 atom stereocenters. The highest BCUT2D eigenvalue weighted by Crippen LogP contribution is 2.30. The van der Waals surface area contributed by atoms with Crippen LogP contribution in [-0.4, -0.2) is 41.5 Å². The Morgan fingerprint density at radius 3 is 2.54 bits per heavy atom. The molecule has 1 amide bonds. The van der Waals surface area contributed by atoms with E-state index < -0.39 is 12.0 Å². The summed E-state index contributed by atoms with van der Waals surface area (Å²) in [5, 5.41) is 14.5. The summed E-state index contributed by atoms with van der Waals surface area (Å²) in [6.45, 7) is 3.91. The van der Waals surface area contributed by atoms with Gasteiger partial charge in [0.05, 0.1) is 0 Å². The van der Waals surface area contributed by atoms with E-state index in [2.05, 4.69) is 23.3 Å². The van der Waals surface area contributed by atoms with Crippen LogP contribution < -0.4 is 5.32 Å². The van der Waals surface area contributed by atoms with Gasteiger partial charge in [0, 0.05) is 23.4 Å². The fourth-order valence-corrected chi connectivity index (χ4v) is 6.07. The first kappa shape index (κ1) is 27.1. The molecule has 0 radical (unpaired) electrons. The zero-order chi connectivity index (χ0) is 26.2. The fraction of sp³-hybridized carbons (Fsp3) is 0.419. The molecule has 37 heavy (non-hydrogen) atoms. The van der Waals surface area contributed by atoms with Gasteiger partial charge in [-0.25, -0.2) is 4.79 Å². The zero-order valence-electron chi connectivity index (χ0n) is 21.9. The molecule has 3 aromatic rings. The van der Waals surface area contributed by atoms with Crippen molar-refractivity contribution in [2.75, 3.05) is 13.6 Å². The quantitative estimate of drug-likeness (QED) is 0.302. The van der Waals surface area contributed by atoms with Gasteiger partial charge in [-0.15, -0.1) is 11.3 Å². The van der Waals surface area contributed by atoms with Crippen LogP contribution in [0.1, 0.15) is 64.9 Å². The molecule has 1 saturated carbocycles. The van der Waals surface area contributed by atoms with Crippen LogP contribution in [0.4, 0.5) is 0 Å². The van der Waals surface area contributed by atoms with Gasteiger partial charge < -0.3 is 15.3 Å². The molecule has 1 unspecified atom stereocenters. The van der Waals surface area contributed by atoms with Crippen molar-refractivity contribution in [2.45, 2.75) is 64.5 Å². The Morgan fingerprint density at radius 1 is 1.05 bits per heavy atom. The van der Waals surface area contributed by atoms with E-state index in [9.17, 15) is 14.7 Å². The molecular weight excluding hydrogens is 480 g/mol. The van der Waals surface area contributed by atoms with Gasteiger partial charge in [0.2, 0.25) is 0 Å². The molecule has 1 heterocycles. The number of nitrogens with one attached hydrogen (secondary N) is 1. The molecule has 1 fully saturated rings. The van der Waals surface area contributed by atoms with Gasteiger partial charge in [0.25, 0.3) is 5.91 Å². The second-order valence-electron chi connectivity index (χ2n) is 10.4. The van der Waals surface area contributed by atoms with Crippen molar-refractivity contribution in [3.05, 3.63) is 81.5 Å². The van der Waals surface area contributed by atoms with Gasteiger partial charge in [-0.05, 0) is 78.7 Å². The number of carboxylic acid groups (broad SMARTS) is 1. The van der Waals surface area contributed by atoms with E-state index in [1.807, 2.05) is 60.8 Å². The summed E-state index contributed by atoms with van der Waals surface area (Å²) in [5.41, 5.74) is 4.56. The topological polar surface area (TPSA) is 69.6 Å². The van der Waals surface area contributed by atoms with Crippen LogP contribution >= 0.6 is 11.3 Å². The van der Waals surface area contributed by atoms with Crippen molar-refractivity contribution in [3.8, 4) is 11.1 Å². The fourth-order valence-electron chi connectivity index (χ4n) is 5.32. The standard InChI is InChI=1S/C31H38N2O3S/c1-22-9-6-7-13-26(22)28-19-24(21-33(2)17-16-23-10-4-3-5-11-23)14-15-27(28)30(34)32-29(31(35)36)20-25-12-8-18-37-25/h6-9,12-15,18-19,23,29H,3-5,10-11,16-17,20-21H2,1-2H3,(H,32,34)(H,35,36). The van der Waals surface area contributed by atoms with Crippen LogP contribution in [0.25, 0.3) is 11.1 Å². The molecule has 0 spiro atoms. The van der Waals surface area contributed by atoms with Crippen molar-refractivity contribution in [1.29, 1.82) is 0 Å². The highest BCUT2D eigenvalue weighted by Gasteiger charge is 2.24. The number of aliphatic carboxylic acids is 1. The maximum atomic E-state index is 13.4. The summed E-state index contributed by atoms with van der Waals surface area (Å²) in [7, 11) is 2.17. The highest BCUT2D eigenvalue weighted by atomic mass is 32.1. The Morgan fingerprint density at radius 2 is 1.84 bits per heavy atom. The van der Waals surface area contributed by atoms with Crippen molar-refractivity contribution in [3.63, 3.8) is 0 Å². The Balaban J connectivity index is 1.53. The summed E-state index contributed by atoms with van der Waals surface area (Å²) in [6, 6.07) is 16.8. The summed E-state index contributed by atoms with van der Waals surface area (Å²) < 4.78 is 0. The SMILES string of the molecule is Cc1ccccc1-c1cc(CN(C)CCC2CCCCC2)ccc1C(=O)NC(Cc1cccs1)C(=O)O. The maximum absolute atomic E-state index is 13.4. The second kappa shape index (κ2) is 13.0. The van der Waals surface area contributed by atoms with Crippen LogP contribution in [0.3, 0.4) is 0 Å². The minimum atomic E-state index is -1.03. The highest BCUT2D eigenvalue weighted by molar-refractivity contribution is 7.09. The van der Waals surface area contributed by atoms with Crippen LogP contribution in [0.2, 0.25) is 0 Å². The van der Waals surface area contributed by atoms with Gasteiger partial charge >= 0.3 is 5.97 Å². The molecule has 2 aromatic carbocycles. The third kappa shape index (κ3) is 7.53. The van der Waals surface area contributed by atoms with Crippen molar-refractivity contribution < 1.29 is 14.7 Å². The lowest BCUT2D eigenvalue weighted by atomic mass is 9.87. The number of aryl methyl sites for hydroxylation is 1. The van der Waals surface area contributed by atoms with E-state index in [1.54, 1.807) is 0 Å². The summed E-state index contributed by atoms with van der Waals surface area (Å²) in [5.74, 6) is -0.545. The van der Waals surface area contributed by atoms with E-state index in [0.29, 0.717) is 5.56 Å². The average molecular weight is 519 g/mol. The van der Waals surface area contributed by atoms with Crippen molar-refractivity contribution in [2.24, 2.45) is 5.92 Å². The lowest BCUT2D eigenvalue weighted by Crippen LogP contribution is -2.42. The van der Waals surface area contributed by atoms with Crippen LogP contribution in [0, 0.1) is 12.8 Å². The molecule has 196 valence electrons. The van der Waals surface area contributed by atoms with E-state index in [1.165, 1.54) is 49.9 Å². The molecule has 2 N–H and O–H groups in total. The van der Waals surface area contributed by atoms with E-state index in [-0.39, 0.29) is 12.3 Å². The number of carboxylic acids is 1. The third-order valence-electron chi connectivity index (χ3n) is 7.45. The number of amides is 1.